The van der Waals surface area contributed by atoms with Gasteiger partial charge in [-0.3, -0.25) is 0 Å². The first-order valence-corrected chi connectivity index (χ1v) is 4.38. The summed E-state index contributed by atoms with van der Waals surface area (Å²) >= 11 is 0. The molecular formula is C11H8N2. The number of nitrogens with one attached hydrogen (secondary N) is 1. The Bertz CT molecular complexity index is 516. The first-order valence-electron chi connectivity index (χ1n) is 4.38. The molecule has 13 heavy (non-hydrogen) atoms. The van der Waals surface area contributed by atoms with Gasteiger partial charge in [0.25, 0.3) is 0 Å². The molecule has 0 radical (unpaired) electrons. The second kappa shape index (κ2) is 2.14. The summed E-state index contributed by atoms with van der Waals surface area (Å²) in [5, 5.41) is 10.0. The minimum absolute atomic E-state index is 0.134. The lowest BCUT2D eigenvalue weighted by Gasteiger charge is -2.24. The van der Waals surface area contributed by atoms with Gasteiger partial charge in [0.15, 0.2) is 0 Å². The van der Waals surface area contributed by atoms with Crippen LogP contribution in [0.1, 0.15) is 17.0 Å². The molecule has 1 aliphatic carbocycles. The van der Waals surface area contributed by atoms with Crippen molar-refractivity contribution >= 4 is 10.9 Å². The van der Waals surface area contributed by atoms with Gasteiger partial charge in [-0.1, -0.05) is 0 Å². The lowest BCUT2D eigenvalue weighted by molar-refractivity contribution is 0.748. The highest BCUT2D eigenvalue weighted by molar-refractivity contribution is 5.82. The number of hydrogen-bond donors (Lipinski definition) is 1. The van der Waals surface area contributed by atoms with Gasteiger partial charge in [-0.2, -0.15) is 5.26 Å². The fraction of sp³-hybridized carbons (Fsp3) is 0.182. The average Bonchev–Trinajstić information content (AvgIpc) is 2.55. The summed E-state index contributed by atoms with van der Waals surface area (Å²) in [5.74, 6) is 0.134. The maximum Gasteiger partial charge on any atom is 0.0756 e. The summed E-state index contributed by atoms with van der Waals surface area (Å²) in [6, 6.07) is 8.62. The number of fused-ring (bicyclic) bond motifs is 2. The van der Waals surface area contributed by atoms with Crippen molar-refractivity contribution < 1.29 is 0 Å². The number of aromatic nitrogens is 1. The van der Waals surface area contributed by atoms with Crippen LogP contribution in [0.5, 0.6) is 0 Å². The monoisotopic (exact) mass is 168 g/mol. The van der Waals surface area contributed by atoms with Crippen molar-refractivity contribution in [2.75, 3.05) is 0 Å². The topological polar surface area (TPSA) is 39.6 Å². The van der Waals surface area contributed by atoms with E-state index in [1.165, 1.54) is 22.0 Å². The van der Waals surface area contributed by atoms with E-state index in [0.717, 1.165) is 6.42 Å². The Morgan fingerprint density at radius 2 is 2.38 bits per heavy atom. The average molecular weight is 168 g/mol. The third-order valence-electron chi connectivity index (χ3n) is 2.77. The van der Waals surface area contributed by atoms with E-state index in [0.29, 0.717) is 0 Å². The van der Waals surface area contributed by atoms with E-state index in [9.17, 15) is 0 Å². The predicted molar refractivity (Wildman–Crippen MR) is 50.4 cm³/mol. The molecule has 1 unspecified atom stereocenters. The van der Waals surface area contributed by atoms with E-state index >= 15 is 0 Å². The number of rotatable bonds is 0. The Kier molecular flexibility index (Phi) is 1.11. The van der Waals surface area contributed by atoms with E-state index in [1.807, 2.05) is 12.3 Å². The molecular weight excluding hydrogens is 160 g/mol. The Labute approximate surface area is 75.8 Å². The molecule has 3 rings (SSSR count). The van der Waals surface area contributed by atoms with Crippen molar-refractivity contribution in [3.63, 3.8) is 0 Å². The lowest BCUT2D eigenvalue weighted by atomic mass is 9.78. The quantitative estimate of drug-likeness (QED) is 0.644. The standard InChI is InChI=1S/C11H8N2/c12-6-9-3-8-5-11-7(1-2-13-11)4-10(8)9/h1-2,4-5,9,13H,3H2. The fourth-order valence-electron chi connectivity index (χ4n) is 1.98. The van der Waals surface area contributed by atoms with E-state index in [4.69, 9.17) is 5.26 Å². The van der Waals surface area contributed by atoms with Crippen molar-refractivity contribution in [1.29, 1.82) is 5.26 Å². The molecule has 0 saturated carbocycles. The van der Waals surface area contributed by atoms with Gasteiger partial charge in [-0.05, 0) is 41.1 Å². The molecule has 2 heteroatoms. The predicted octanol–water partition coefficient (Wildman–Crippen LogP) is 2.33. The van der Waals surface area contributed by atoms with Gasteiger partial charge in [0.1, 0.15) is 0 Å². The molecule has 2 aromatic rings. The molecule has 0 amide bonds. The molecule has 0 fully saturated rings. The molecule has 1 aromatic heterocycles. The summed E-state index contributed by atoms with van der Waals surface area (Å²) in [4.78, 5) is 3.17. The maximum absolute atomic E-state index is 8.80. The van der Waals surface area contributed by atoms with Gasteiger partial charge in [0, 0.05) is 11.7 Å². The highest BCUT2D eigenvalue weighted by Gasteiger charge is 2.26. The summed E-state index contributed by atoms with van der Waals surface area (Å²) in [6.45, 7) is 0. The molecule has 1 N–H and O–H groups in total. The van der Waals surface area contributed by atoms with Gasteiger partial charge in [0.05, 0.1) is 12.0 Å². The Balaban J connectivity index is 2.29. The zero-order valence-electron chi connectivity index (χ0n) is 7.04. The van der Waals surface area contributed by atoms with Crippen LogP contribution < -0.4 is 0 Å². The number of hydrogen-bond acceptors (Lipinski definition) is 1. The van der Waals surface area contributed by atoms with Crippen LogP contribution in [0.3, 0.4) is 0 Å². The van der Waals surface area contributed by atoms with Crippen LogP contribution in [0.15, 0.2) is 24.4 Å². The van der Waals surface area contributed by atoms with Crippen LogP contribution in [0, 0.1) is 11.3 Å². The van der Waals surface area contributed by atoms with Gasteiger partial charge in [0.2, 0.25) is 0 Å². The fourth-order valence-corrected chi connectivity index (χ4v) is 1.98. The summed E-state index contributed by atoms with van der Waals surface area (Å²) in [7, 11) is 0. The van der Waals surface area contributed by atoms with Crippen molar-refractivity contribution in [3.8, 4) is 6.07 Å². The normalized spacial score (nSPS) is 19.2. The third kappa shape index (κ3) is 0.762. The summed E-state index contributed by atoms with van der Waals surface area (Å²) in [6.07, 6.45) is 2.85. The molecule has 1 aromatic carbocycles. The van der Waals surface area contributed by atoms with E-state index in [1.54, 1.807) is 0 Å². The highest BCUT2D eigenvalue weighted by Crippen LogP contribution is 2.36. The van der Waals surface area contributed by atoms with E-state index in [-0.39, 0.29) is 5.92 Å². The maximum atomic E-state index is 8.80. The SMILES string of the molecule is N#CC1Cc2cc3[nH]ccc3cc21. The highest BCUT2D eigenvalue weighted by atomic mass is 14.7. The van der Waals surface area contributed by atoms with Gasteiger partial charge < -0.3 is 4.98 Å². The van der Waals surface area contributed by atoms with Crippen LogP contribution in [-0.2, 0) is 6.42 Å². The molecule has 1 aliphatic rings. The number of nitriles is 1. The lowest BCUT2D eigenvalue weighted by Crippen LogP contribution is -2.14. The molecule has 0 spiro atoms. The van der Waals surface area contributed by atoms with Crippen LogP contribution in [0.2, 0.25) is 0 Å². The number of benzene rings is 1. The van der Waals surface area contributed by atoms with Crippen LogP contribution in [0.4, 0.5) is 0 Å². The molecule has 1 heterocycles. The molecule has 0 bridgehead atoms. The van der Waals surface area contributed by atoms with E-state index < -0.39 is 0 Å². The van der Waals surface area contributed by atoms with Gasteiger partial charge in [-0.15, -0.1) is 0 Å². The smallest absolute Gasteiger partial charge is 0.0756 e. The van der Waals surface area contributed by atoms with Gasteiger partial charge in [-0.25, -0.2) is 0 Å². The number of nitrogens with zero attached hydrogens (tertiary/aromatic N) is 1. The third-order valence-corrected chi connectivity index (χ3v) is 2.77. The second-order valence-corrected chi connectivity index (χ2v) is 3.50. The first-order chi connectivity index (χ1) is 6.38. The minimum Gasteiger partial charge on any atom is -0.361 e. The Morgan fingerprint density at radius 1 is 1.46 bits per heavy atom. The Hall–Kier alpha value is -1.75. The zero-order valence-corrected chi connectivity index (χ0v) is 7.04. The summed E-state index contributed by atoms with van der Waals surface area (Å²) in [5.41, 5.74) is 3.71. The van der Waals surface area contributed by atoms with Crippen LogP contribution in [-0.4, -0.2) is 4.98 Å². The molecule has 0 aliphatic heterocycles. The second-order valence-electron chi connectivity index (χ2n) is 3.50. The Morgan fingerprint density at radius 3 is 3.23 bits per heavy atom. The number of H-pyrrole nitrogens is 1. The summed E-state index contributed by atoms with van der Waals surface area (Å²) < 4.78 is 0. The van der Waals surface area contributed by atoms with E-state index in [2.05, 4.69) is 23.2 Å². The molecule has 2 nitrogen and oxygen atoms in total. The zero-order chi connectivity index (χ0) is 8.84. The van der Waals surface area contributed by atoms with Crippen molar-refractivity contribution in [2.24, 2.45) is 0 Å². The minimum atomic E-state index is 0.134. The van der Waals surface area contributed by atoms with Gasteiger partial charge >= 0.3 is 0 Å². The first kappa shape index (κ1) is 6.73. The largest absolute Gasteiger partial charge is 0.361 e. The van der Waals surface area contributed by atoms with Crippen molar-refractivity contribution in [2.45, 2.75) is 12.3 Å². The molecule has 0 saturated heterocycles. The van der Waals surface area contributed by atoms with Crippen molar-refractivity contribution in [1.82, 2.24) is 4.98 Å². The van der Waals surface area contributed by atoms with Crippen LogP contribution >= 0.6 is 0 Å². The van der Waals surface area contributed by atoms with Crippen molar-refractivity contribution in [3.05, 3.63) is 35.5 Å². The molecule has 1 atom stereocenters. The van der Waals surface area contributed by atoms with Crippen LogP contribution in [0.25, 0.3) is 10.9 Å². The number of aromatic amines is 1. The molecule has 62 valence electrons.